The molecule has 4 rings (SSSR count). The number of fused-ring (bicyclic) bond motifs is 1. The molecule has 140 valence electrons. The van der Waals surface area contributed by atoms with Crippen LogP contribution in [0.25, 0.3) is 0 Å². The predicted octanol–water partition coefficient (Wildman–Crippen LogP) is 2.05. The van der Waals surface area contributed by atoms with Crippen molar-refractivity contribution in [3.8, 4) is 0 Å². The molecule has 1 saturated heterocycles. The third kappa shape index (κ3) is 3.57. The van der Waals surface area contributed by atoms with Gasteiger partial charge in [-0.25, -0.2) is 0 Å². The van der Waals surface area contributed by atoms with Gasteiger partial charge in [-0.3, -0.25) is 9.59 Å². The Morgan fingerprint density at radius 2 is 1.56 bits per heavy atom. The van der Waals surface area contributed by atoms with E-state index in [1.807, 2.05) is 0 Å². The first-order valence-corrected chi connectivity index (χ1v) is 10.5. The van der Waals surface area contributed by atoms with Crippen LogP contribution in [0.15, 0.2) is 0 Å². The van der Waals surface area contributed by atoms with Gasteiger partial charge in [-0.05, 0) is 63.2 Å². The zero-order chi connectivity index (χ0) is 17.4. The first kappa shape index (κ1) is 17.3. The highest BCUT2D eigenvalue weighted by atomic mass is 16.2. The molecule has 2 amide bonds. The van der Waals surface area contributed by atoms with Crippen molar-refractivity contribution in [2.75, 3.05) is 13.1 Å². The second-order valence-corrected chi connectivity index (χ2v) is 8.95. The average Bonchev–Trinajstić information content (AvgIpc) is 3.34. The molecule has 3 unspecified atom stereocenters. The van der Waals surface area contributed by atoms with Gasteiger partial charge in [0.25, 0.3) is 0 Å². The van der Waals surface area contributed by atoms with E-state index in [0.29, 0.717) is 23.8 Å². The minimum atomic E-state index is 0.162. The molecule has 0 aromatic carbocycles. The molecule has 4 fully saturated rings. The van der Waals surface area contributed by atoms with Crippen LogP contribution in [0.4, 0.5) is 0 Å². The quantitative estimate of drug-likeness (QED) is 0.820. The van der Waals surface area contributed by atoms with E-state index in [2.05, 4.69) is 10.2 Å². The third-order valence-electron chi connectivity index (χ3n) is 7.37. The summed E-state index contributed by atoms with van der Waals surface area (Å²) in [5, 5.41) is 3.25. The Kier molecular flexibility index (Phi) is 5.03. The average molecular weight is 348 g/mol. The van der Waals surface area contributed by atoms with E-state index in [0.717, 1.165) is 58.0 Å². The lowest BCUT2D eigenvalue weighted by atomic mass is 9.85. The van der Waals surface area contributed by atoms with Gasteiger partial charge in [0.05, 0.1) is 0 Å². The summed E-state index contributed by atoms with van der Waals surface area (Å²) in [6, 6.07) is 0.577. The van der Waals surface area contributed by atoms with Crippen molar-refractivity contribution >= 4 is 11.8 Å². The van der Waals surface area contributed by atoms with Crippen molar-refractivity contribution in [1.29, 1.82) is 0 Å². The molecule has 0 spiro atoms. The third-order valence-corrected chi connectivity index (χ3v) is 7.37. The van der Waals surface area contributed by atoms with E-state index in [-0.39, 0.29) is 23.8 Å². The van der Waals surface area contributed by atoms with Gasteiger partial charge in [-0.2, -0.15) is 0 Å². The standard InChI is InChI=1S/C20H33N3O2/c21-18-10-7-15-11-23(12-17(15)18)20(25)14-5-8-16(9-6-14)22-19(24)13-3-1-2-4-13/h13-18H,1-12,21H2,(H,22,24). The molecular formula is C20H33N3O2. The zero-order valence-corrected chi connectivity index (χ0v) is 15.3. The highest BCUT2D eigenvalue weighted by Gasteiger charge is 2.44. The summed E-state index contributed by atoms with van der Waals surface area (Å²) in [7, 11) is 0. The van der Waals surface area contributed by atoms with Crippen LogP contribution in [0.5, 0.6) is 0 Å². The molecule has 0 aromatic rings. The molecule has 3 atom stereocenters. The Morgan fingerprint density at radius 3 is 2.24 bits per heavy atom. The van der Waals surface area contributed by atoms with Gasteiger partial charge < -0.3 is 16.0 Å². The fourth-order valence-corrected chi connectivity index (χ4v) is 5.74. The summed E-state index contributed by atoms with van der Waals surface area (Å²) in [6.07, 6.45) is 10.6. The first-order chi connectivity index (χ1) is 12.1. The Bertz CT molecular complexity index is 509. The van der Waals surface area contributed by atoms with E-state index in [4.69, 9.17) is 5.73 Å². The first-order valence-electron chi connectivity index (χ1n) is 10.5. The lowest BCUT2D eigenvalue weighted by Gasteiger charge is -2.31. The van der Waals surface area contributed by atoms with Gasteiger partial charge in [0.2, 0.25) is 11.8 Å². The number of nitrogens with two attached hydrogens (primary N) is 1. The van der Waals surface area contributed by atoms with Crippen LogP contribution in [0.1, 0.15) is 64.2 Å². The predicted molar refractivity (Wildman–Crippen MR) is 96.6 cm³/mol. The fourth-order valence-electron chi connectivity index (χ4n) is 5.74. The number of nitrogens with zero attached hydrogens (tertiary/aromatic N) is 1. The van der Waals surface area contributed by atoms with Crippen LogP contribution in [0.3, 0.4) is 0 Å². The van der Waals surface area contributed by atoms with Gasteiger partial charge in [-0.15, -0.1) is 0 Å². The summed E-state index contributed by atoms with van der Waals surface area (Å²) >= 11 is 0. The lowest BCUT2D eigenvalue weighted by Crippen LogP contribution is -2.43. The van der Waals surface area contributed by atoms with Crippen molar-refractivity contribution in [2.24, 2.45) is 29.4 Å². The Labute approximate surface area is 151 Å². The highest BCUT2D eigenvalue weighted by molar-refractivity contribution is 5.80. The van der Waals surface area contributed by atoms with Crippen molar-refractivity contribution < 1.29 is 9.59 Å². The van der Waals surface area contributed by atoms with E-state index in [9.17, 15) is 9.59 Å². The summed E-state index contributed by atoms with van der Waals surface area (Å²) in [5.74, 6) is 2.19. The summed E-state index contributed by atoms with van der Waals surface area (Å²) < 4.78 is 0. The van der Waals surface area contributed by atoms with Crippen LogP contribution in [0, 0.1) is 23.7 Å². The summed E-state index contributed by atoms with van der Waals surface area (Å²) in [6.45, 7) is 1.80. The minimum Gasteiger partial charge on any atom is -0.353 e. The van der Waals surface area contributed by atoms with Crippen LogP contribution < -0.4 is 11.1 Å². The molecule has 1 aliphatic heterocycles. The van der Waals surface area contributed by atoms with E-state index in [1.165, 1.54) is 19.3 Å². The highest BCUT2D eigenvalue weighted by Crippen LogP contribution is 2.38. The maximum absolute atomic E-state index is 12.9. The van der Waals surface area contributed by atoms with Gasteiger partial charge in [0.1, 0.15) is 0 Å². The number of carbonyl (C=O) groups excluding carboxylic acids is 2. The zero-order valence-electron chi connectivity index (χ0n) is 15.3. The Balaban J connectivity index is 1.23. The Morgan fingerprint density at radius 1 is 0.840 bits per heavy atom. The van der Waals surface area contributed by atoms with Crippen molar-refractivity contribution in [3.63, 3.8) is 0 Å². The molecule has 4 aliphatic rings. The summed E-state index contributed by atoms with van der Waals surface area (Å²) in [4.78, 5) is 27.3. The molecule has 5 nitrogen and oxygen atoms in total. The second kappa shape index (κ2) is 7.26. The maximum Gasteiger partial charge on any atom is 0.225 e. The molecular weight excluding hydrogens is 314 g/mol. The number of nitrogens with one attached hydrogen (secondary N) is 1. The molecule has 3 saturated carbocycles. The van der Waals surface area contributed by atoms with Crippen LogP contribution in [-0.2, 0) is 9.59 Å². The molecule has 0 radical (unpaired) electrons. The smallest absolute Gasteiger partial charge is 0.225 e. The molecule has 0 bridgehead atoms. The van der Waals surface area contributed by atoms with Crippen molar-refractivity contribution in [1.82, 2.24) is 10.2 Å². The fraction of sp³-hybridized carbons (Fsp3) is 0.900. The topological polar surface area (TPSA) is 75.4 Å². The van der Waals surface area contributed by atoms with Gasteiger partial charge in [-0.1, -0.05) is 12.8 Å². The number of hydrogen-bond acceptors (Lipinski definition) is 3. The monoisotopic (exact) mass is 347 g/mol. The van der Waals surface area contributed by atoms with E-state index in [1.54, 1.807) is 0 Å². The maximum atomic E-state index is 12.9. The molecule has 5 heteroatoms. The van der Waals surface area contributed by atoms with Crippen LogP contribution >= 0.6 is 0 Å². The molecule has 1 heterocycles. The van der Waals surface area contributed by atoms with Crippen molar-refractivity contribution in [2.45, 2.75) is 76.3 Å². The van der Waals surface area contributed by atoms with Crippen molar-refractivity contribution in [3.05, 3.63) is 0 Å². The minimum absolute atomic E-state index is 0.162. The van der Waals surface area contributed by atoms with Gasteiger partial charge in [0, 0.05) is 37.0 Å². The largest absolute Gasteiger partial charge is 0.353 e. The van der Waals surface area contributed by atoms with Crippen LogP contribution in [-0.4, -0.2) is 41.9 Å². The van der Waals surface area contributed by atoms with Crippen LogP contribution in [0.2, 0.25) is 0 Å². The number of likely N-dealkylation sites (tertiary alicyclic amines) is 1. The van der Waals surface area contributed by atoms with E-state index >= 15 is 0 Å². The Hall–Kier alpha value is -1.10. The SMILES string of the molecule is NC1CCC2CN(C(=O)C3CCC(NC(=O)C4CCCC4)CC3)CC12. The molecule has 3 N–H and O–H groups in total. The lowest BCUT2D eigenvalue weighted by molar-refractivity contribution is -0.136. The number of carbonyl (C=O) groups is 2. The molecule has 0 aromatic heterocycles. The number of hydrogen-bond donors (Lipinski definition) is 2. The van der Waals surface area contributed by atoms with E-state index < -0.39 is 0 Å². The second-order valence-electron chi connectivity index (χ2n) is 8.95. The molecule has 25 heavy (non-hydrogen) atoms. The molecule has 3 aliphatic carbocycles. The number of amides is 2. The van der Waals surface area contributed by atoms with Gasteiger partial charge in [0.15, 0.2) is 0 Å². The normalized spacial score (nSPS) is 38.8. The number of rotatable bonds is 3. The summed E-state index contributed by atoms with van der Waals surface area (Å²) in [5.41, 5.74) is 6.20. The van der Waals surface area contributed by atoms with Gasteiger partial charge >= 0.3 is 0 Å².